The van der Waals surface area contributed by atoms with E-state index in [0.29, 0.717) is 23.3 Å². The van der Waals surface area contributed by atoms with E-state index in [9.17, 15) is 4.79 Å². The number of para-hydroxylation sites is 3. The fraction of sp³-hybridized carbons (Fsp3) is 0.231. The van der Waals surface area contributed by atoms with Crippen LogP contribution in [0.1, 0.15) is 48.1 Å². The number of rotatable bonds is 7. The molecule has 0 unspecified atom stereocenters. The number of hydrogen-bond donors (Lipinski definition) is 3. The highest BCUT2D eigenvalue weighted by molar-refractivity contribution is 7.80. The largest absolute Gasteiger partial charge is 0.358 e. The Balaban J connectivity index is 1.34. The molecule has 0 saturated heterocycles. The van der Waals surface area contributed by atoms with Gasteiger partial charge in [0.1, 0.15) is 0 Å². The monoisotopic (exact) mass is 625 g/mol. The van der Waals surface area contributed by atoms with Crippen LogP contribution in [0.4, 0.5) is 11.4 Å². The Hall–Kier alpha value is -4.72. The molecule has 2 atom stereocenters. The first-order chi connectivity index (χ1) is 22.5. The Kier molecular flexibility index (Phi) is 8.43. The number of carbonyl (C=O) groups excluding carboxylic acids is 1. The summed E-state index contributed by atoms with van der Waals surface area (Å²) in [7, 11) is 4.29. The quantitative estimate of drug-likeness (QED) is 0.127. The topological polar surface area (TPSA) is 63.4 Å². The molecule has 1 amide bonds. The van der Waals surface area contributed by atoms with Gasteiger partial charge in [0.25, 0.3) is 5.91 Å². The SMILES string of the molecule is CN(C)[C@H]1CCCC[C@@H]1NC(=S)Nc1ccccc1/C(=C1/C(=O)N(Cc2ccccc2)c2ccccc21)c1cc2ccccc2[nH]1. The first kappa shape index (κ1) is 30.0. The molecule has 1 saturated carbocycles. The molecule has 5 aromatic rings. The number of likely N-dealkylation sites (N-methyl/N-ethyl adjacent to an activating group) is 1. The van der Waals surface area contributed by atoms with Crippen molar-refractivity contribution in [2.24, 2.45) is 0 Å². The zero-order chi connectivity index (χ0) is 31.6. The van der Waals surface area contributed by atoms with Gasteiger partial charge < -0.3 is 25.4 Å². The molecule has 232 valence electrons. The molecule has 1 fully saturated rings. The maximum Gasteiger partial charge on any atom is 0.260 e. The van der Waals surface area contributed by atoms with E-state index in [2.05, 4.69) is 77.1 Å². The average Bonchev–Trinajstić information content (AvgIpc) is 3.62. The number of amides is 1. The van der Waals surface area contributed by atoms with Gasteiger partial charge in [-0.25, -0.2) is 0 Å². The molecule has 1 aliphatic carbocycles. The number of aromatic nitrogens is 1. The Morgan fingerprint density at radius 1 is 0.891 bits per heavy atom. The molecular formula is C39H39N5OS. The highest BCUT2D eigenvalue weighted by atomic mass is 32.1. The summed E-state index contributed by atoms with van der Waals surface area (Å²) in [6.07, 6.45) is 4.67. The second-order valence-electron chi connectivity index (χ2n) is 12.5. The molecule has 6 nitrogen and oxygen atoms in total. The molecule has 1 aromatic heterocycles. The molecule has 3 N–H and O–H groups in total. The van der Waals surface area contributed by atoms with Gasteiger partial charge in [-0.1, -0.05) is 97.8 Å². The van der Waals surface area contributed by atoms with Crippen LogP contribution in [0.2, 0.25) is 0 Å². The number of carbonyl (C=O) groups is 1. The van der Waals surface area contributed by atoms with E-state index >= 15 is 0 Å². The minimum atomic E-state index is -0.0229. The van der Waals surface area contributed by atoms with Crippen molar-refractivity contribution in [2.75, 3.05) is 24.3 Å². The lowest BCUT2D eigenvalue weighted by Gasteiger charge is -2.37. The standard InChI is InChI=1S/C39H39N5OS/c1-43(2)35-23-13-11-21-32(35)42-39(46)41-31-20-10-7-17-28(31)36(33-24-27-16-6-9-19-30(27)40-33)37-29-18-8-12-22-34(29)44(38(37)45)25-26-14-4-3-5-15-26/h3-10,12,14-20,22,24,32,35,40H,11,13,21,23,25H2,1-2H3,(H2,41,42,46)/b37-36-/t32-,35-/m0/s1. The third-order valence-electron chi connectivity index (χ3n) is 9.31. The maximum absolute atomic E-state index is 14.7. The van der Waals surface area contributed by atoms with Gasteiger partial charge >= 0.3 is 0 Å². The summed E-state index contributed by atoms with van der Waals surface area (Å²) in [4.78, 5) is 22.5. The summed E-state index contributed by atoms with van der Waals surface area (Å²) in [5.74, 6) is -0.0229. The number of thiocarbonyl (C=S) groups is 1. The van der Waals surface area contributed by atoms with E-state index in [1.54, 1.807) is 0 Å². The number of nitrogens with zero attached hydrogens (tertiary/aromatic N) is 2. The lowest BCUT2D eigenvalue weighted by atomic mass is 9.89. The second-order valence-corrected chi connectivity index (χ2v) is 12.9. The first-order valence-electron chi connectivity index (χ1n) is 16.1. The summed E-state index contributed by atoms with van der Waals surface area (Å²) in [6, 6.07) is 37.5. The van der Waals surface area contributed by atoms with Crippen LogP contribution in [-0.4, -0.2) is 47.1 Å². The van der Waals surface area contributed by atoms with E-state index in [0.717, 1.165) is 63.1 Å². The molecule has 1 aliphatic heterocycles. The smallest absolute Gasteiger partial charge is 0.260 e. The average molecular weight is 626 g/mol. The van der Waals surface area contributed by atoms with E-state index < -0.39 is 0 Å². The van der Waals surface area contributed by atoms with Crippen molar-refractivity contribution in [3.8, 4) is 0 Å². The first-order valence-corrected chi connectivity index (χ1v) is 16.5. The third kappa shape index (κ3) is 5.84. The predicted octanol–water partition coefficient (Wildman–Crippen LogP) is 7.83. The molecule has 7 rings (SSSR count). The number of anilines is 2. The second kappa shape index (κ2) is 12.9. The van der Waals surface area contributed by atoms with Gasteiger partial charge in [-0.05, 0) is 69.0 Å². The Labute approximate surface area is 276 Å². The van der Waals surface area contributed by atoms with Crippen LogP contribution in [-0.2, 0) is 11.3 Å². The van der Waals surface area contributed by atoms with Crippen molar-refractivity contribution < 1.29 is 4.79 Å². The van der Waals surface area contributed by atoms with E-state index in [-0.39, 0.29) is 11.9 Å². The van der Waals surface area contributed by atoms with Crippen molar-refractivity contribution in [3.63, 3.8) is 0 Å². The minimum absolute atomic E-state index is 0.0229. The Morgan fingerprint density at radius 2 is 1.61 bits per heavy atom. The lowest BCUT2D eigenvalue weighted by molar-refractivity contribution is -0.113. The van der Waals surface area contributed by atoms with E-state index in [4.69, 9.17) is 12.2 Å². The summed E-state index contributed by atoms with van der Waals surface area (Å²) in [5.41, 5.74) is 8.09. The molecule has 2 heterocycles. The molecule has 2 aliphatic rings. The number of benzene rings is 4. The van der Waals surface area contributed by atoms with Gasteiger partial charge in [-0.3, -0.25) is 4.79 Å². The van der Waals surface area contributed by atoms with Crippen LogP contribution >= 0.6 is 12.2 Å². The molecule has 0 radical (unpaired) electrons. The fourth-order valence-corrected chi connectivity index (χ4v) is 7.36. The van der Waals surface area contributed by atoms with Crippen LogP contribution in [0.25, 0.3) is 22.0 Å². The van der Waals surface area contributed by atoms with Crippen molar-refractivity contribution in [1.29, 1.82) is 0 Å². The van der Waals surface area contributed by atoms with Gasteiger partial charge in [0.05, 0.1) is 17.8 Å². The van der Waals surface area contributed by atoms with Crippen LogP contribution in [0, 0.1) is 0 Å². The van der Waals surface area contributed by atoms with Crippen LogP contribution in [0.15, 0.2) is 109 Å². The molecule has 0 spiro atoms. The van der Waals surface area contributed by atoms with Gasteiger partial charge in [0.2, 0.25) is 0 Å². The highest BCUT2D eigenvalue weighted by Crippen LogP contribution is 2.45. The summed E-state index contributed by atoms with van der Waals surface area (Å²) in [5, 5.41) is 8.86. The van der Waals surface area contributed by atoms with Crippen molar-refractivity contribution >= 4 is 56.7 Å². The Bertz CT molecular complexity index is 1890. The maximum atomic E-state index is 14.7. The normalized spacial score (nSPS) is 18.9. The third-order valence-corrected chi connectivity index (χ3v) is 9.53. The summed E-state index contributed by atoms with van der Waals surface area (Å²) < 4.78 is 0. The van der Waals surface area contributed by atoms with Crippen molar-refractivity contribution in [2.45, 2.75) is 44.3 Å². The number of fused-ring (bicyclic) bond motifs is 2. The van der Waals surface area contributed by atoms with Crippen molar-refractivity contribution in [3.05, 3.63) is 132 Å². The number of H-pyrrole nitrogens is 1. The van der Waals surface area contributed by atoms with Gasteiger partial charge in [0.15, 0.2) is 5.11 Å². The van der Waals surface area contributed by atoms with E-state index in [1.807, 2.05) is 71.6 Å². The summed E-state index contributed by atoms with van der Waals surface area (Å²) in [6.45, 7) is 0.489. The van der Waals surface area contributed by atoms with Gasteiger partial charge in [-0.2, -0.15) is 0 Å². The number of aromatic amines is 1. The van der Waals surface area contributed by atoms with Crippen LogP contribution < -0.4 is 15.5 Å². The molecular weight excluding hydrogens is 587 g/mol. The fourth-order valence-electron chi connectivity index (χ4n) is 7.10. The van der Waals surface area contributed by atoms with Crippen LogP contribution in [0.5, 0.6) is 0 Å². The molecule has 46 heavy (non-hydrogen) atoms. The number of hydrogen-bond acceptors (Lipinski definition) is 3. The van der Waals surface area contributed by atoms with Gasteiger partial charge in [-0.15, -0.1) is 0 Å². The zero-order valence-corrected chi connectivity index (χ0v) is 27.1. The minimum Gasteiger partial charge on any atom is -0.358 e. The molecule has 4 aromatic carbocycles. The van der Waals surface area contributed by atoms with Crippen molar-refractivity contribution in [1.82, 2.24) is 15.2 Å². The Morgan fingerprint density at radius 3 is 2.43 bits per heavy atom. The summed E-state index contributed by atoms with van der Waals surface area (Å²) >= 11 is 5.94. The van der Waals surface area contributed by atoms with Gasteiger partial charge in [0, 0.05) is 51.1 Å². The van der Waals surface area contributed by atoms with E-state index in [1.165, 1.54) is 12.8 Å². The highest BCUT2D eigenvalue weighted by Gasteiger charge is 2.36. The zero-order valence-electron chi connectivity index (χ0n) is 26.3. The number of nitrogens with one attached hydrogen (secondary N) is 3. The van der Waals surface area contributed by atoms with Crippen LogP contribution in [0.3, 0.4) is 0 Å². The molecule has 7 heteroatoms. The molecule has 0 bridgehead atoms. The lowest BCUT2D eigenvalue weighted by Crippen LogP contribution is -2.52. The predicted molar refractivity (Wildman–Crippen MR) is 194 cm³/mol.